The molecular weight excluding hydrogens is 250 g/mol. The van der Waals surface area contributed by atoms with Crippen molar-refractivity contribution < 1.29 is 13.2 Å². The minimum Gasteiger partial charge on any atom is -0.497 e. The van der Waals surface area contributed by atoms with Gasteiger partial charge in [0.15, 0.2) is 0 Å². The highest BCUT2D eigenvalue weighted by molar-refractivity contribution is 7.88. The largest absolute Gasteiger partial charge is 0.497 e. The van der Waals surface area contributed by atoms with Crippen LogP contribution < -0.4 is 9.46 Å². The van der Waals surface area contributed by atoms with Gasteiger partial charge in [-0.2, -0.15) is 0 Å². The number of methoxy groups -OCH3 is 1. The lowest BCUT2D eigenvalue weighted by molar-refractivity contribution is 0.414. The predicted octanol–water partition coefficient (Wildman–Crippen LogP) is 2.33. The van der Waals surface area contributed by atoms with Gasteiger partial charge >= 0.3 is 0 Å². The van der Waals surface area contributed by atoms with Crippen LogP contribution in [0.1, 0.15) is 31.9 Å². The average Bonchev–Trinajstić information content (AvgIpc) is 2.26. The van der Waals surface area contributed by atoms with Crippen LogP contribution in [0.25, 0.3) is 0 Å². The lowest BCUT2D eigenvalue weighted by Crippen LogP contribution is -2.28. The van der Waals surface area contributed by atoms with Crippen molar-refractivity contribution >= 4 is 10.0 Å². The third-order valence-electron chi connectivity index (χ3n) is 2.58. The first-order chi connectivity index (χ1) is 8.31. The maximum Gasteiger partial charge on any atom is 0.209 e. The second-order valence-corrected chi connectivity index (χ2v) is 6.63. The van der Waals surface area contributed by atoms with Crippen LogP contribution in [0.5, 0.6) is 5.75 Å². The Morgan fingerprint density at radius 3 is 2.17 bits per heavy atom. The molecule has 1 atom stereocenters. The molecule has 0 radical (unpaired) electrons. The molecule has 1 aromatic carbocycles. The molecule has 5 heteroatoms. The molecule has 0 bridgehead atoms. The molecule has 0 heterocycles. The van der Waals surface area contributed by atoms with Gasteiger partial charge in [-0.3, -0.25) is 0 Å². The van der Waals surface area contributed by atoms with Crippen LogP contribution in [0, 0.1) is 5.92 Å². The Morgan fingerprint density at radius 2 is 1.78 bits per heavy atom. The normalized spacial score (nSPS) is 13.6. The average molecular weight is 271 g/mol. The lowest BCUT2D eigenvalue weighted by Gasteiger charge is -2.20. The smallest absolute Gasteiger partial charge is 0.209 e. The van der Waals surface area contributed by atoms with Gasteiger partial charge < -0.3 is 4.74 Å². The zero-order chi connectivity index (χ0) is 13.8. The van der Waals surface area contributed by atoms with Crippen molar-refractivity contribution in [2.45, 2.75) is 26.3 Å². The van der Waals surface area contributed by atoms with Crippen LogP contribution >= 0.6 is 0 Å². The maximum atomic E-state index is 11.4. The fourth-order valence-corrected chi connectivity index (χ4v) is 2.57. The van der Waals surface area contributed by atoms with Gasteiger partial charge in [0, 0.05) is 6.04 Å². The van der Waals surface area contributed by atoms with E-state index in [1.807, 2.05) is 24.3 Å². The van der Waals surface area contributed by atoms with Gasteiger partial charge in [-0.25, -0.2) is 13.1 Å². The summed E-state index contributed by atoms with van der Waals surface area (Å²) in [5.41, 5.74) is 0.954. The van der Waals surface area contributed by atoms with Crippen LogP contribution in [0.3, 0.4) is 0 Å². The first-order valence-electron chi connectivity index (χ1n) is 5.93. The van der Waals surface area contributed by atoms with E-state index in [-0.39, 0.29) is 6.04 Å². The highest BCUT2D eigenvalue weighted by Crippen LogP contribution is 2.24. The molecule has 18 heavy (non-hydrogen) atoms. The number of benzene rings is 1. The summed E-state index contributed by atoms with van der Waals surface area (Å²) >= 11 is 0. The summed E-state index contributed by atoms with van der Waals surface area (Å²) in [5.74, 6) is 1.17. The van der Waals surface area contributed by atoms with Crippen molar-refractivity contribution in [3.8, 4) is 5.75 Å². The van der Waals surface area contributed by atoms with Crippen molar-refractivity contribution in [3.63, 3.8) is 0 Å². The van der Waals surface area contributed by atoms with Crippen LogP contribution in [-0.4, -0.2) is 21.8 Å². The number of rotatable bonds is 6. The van der Waals surface area contributed by atoms with Crippen LogP contribution in [-0.2, 0) is 10.0 Å². The van der Waals surface area contributed by atoms with Crippen molar-refractivity contribution in [3.05, 3.63) is 29.8 Å². The van der Waals surface area contributed by atoms with Gasteiger partial charge in [0.1, 0.15) is 5.75 Å². The van der Waals surface area contributed by atoms with Crippen molar-refractivity contribution in [1.82, 2.24) is 4.72 Å². The van der Waals surface area contributed by atoms with E-state index in [2.05, 4.69) is 18.6 Å². The second-order valence-electron chi connectivity index (χ2n) is 4.85. The predicted molar refractivity (Wildman–Crippen MR) is 73.2 cm³/mol. The number of hydrogen-bond acceptors (Lipinski definition) is 3. The molecule has 0 spiro atoms. The van der Waals surface area contributed by atoms with E-state index in [4.69, 9.17) is 4.74 Å². The zero-order valence-corrected chi connectivity index (χ0v) is 12.1. The third-order valence-corrected chi connectivity index (χ3v) is 3.29. The molecule has 0 unspecified atom stereocenters. The Morgan fingerprint density at radius 1 is 1.22 bits per heavy atom. The maximum absolute atomic E-state index is 11.4. The Kier molecular flexibility index (Phi) is 5.16. The van der Waals surface area contributed by atoms with E-state index in [9.17, 15) is 8.42 Å². The Hall–Kier alpha value is -1.07. The minimum atomic E-state index is -3.21. The number of hydrogen-bond donors (Lipinski definition) is 1. The van der Waals surface area contributed by atoms with Gasteiger partial charge in [0.2, 0.25) is 10.0 Å². The Labute approximate surface area is 109 Å². The van der Waals surface area contributed by atoms with E-state index < -0.39 is 10.0 Å². The van der Waals surface area contributed by atoms with Crippen LogP contribution in [0.15, 0.2) is 24.3 Å². The van der Waals surface area contributed by atoms with E-state index in [0.29, 0.717) is 5.92 Å². The lowest BCUT2D eigenvalue weighted by atomic mass is 9.98. The van der Waals surface area contributed by atoms with E-state index in [0.717, 1.165) is 17.7 Å². The number of ether oxygens (including phenoxy) is 1. The molecule has 4 nitrogen and oxygen atoms in total. The third kappa shape index (κ3) is 5.06. The van der Waals surface area contributed by atoms with E-state index in [1.54, 1.807) is 7.11 Å². The van der Waals surface area contributed by atoms with Crippen LogP contribution in [0.2, 0.25) is 0 Å². The molecule has 102 valence electrons. The summed E-state index contributed by atoms with van der Waals surface area (Å²) in [6.07, 6.45) is 1.95. The van der Waals surface area contributed by atoms with Crippen LogP contribution in [0.4, 0.5) is 0 Å². The van der Waals surface area contributed by atoms with E-state index in [1.165, 1.54) is 6.26 Å². The fourth-order valence-electron chi connectivity index (χ4n) is 1.82. The molecule has 0 aromatic heterocycles. The summed E-state index contributed by atoms with van der Waals surface area (Å²) in [7, 11) is -1.61. The SMILES string of the molecule is COc1ccc([C@@H](CC(C)C)NS(C)(=O)=O)cc1. The van der Waals surface area contributed by atoms with Gasteiger partial charge in [-0.15, -0.1) is 0 Å². The highest BCUT2D eigenvalue weighted by Gasteiger charge is 2.17. The first kappa shape index (κ1) is 15.0. The Balaban J connectivity index is 2.93. The molecule has 0 saturated carbocycles. The minimum absolute atomic E-state index is 0.189. The molecule has 0 aliphatic rings. The summed E-state index contributed by atoms with van der Waals surface area (Å²) in [5, 5.41) is 0. The summed E-state index contributed by atoms with van der Waals surface area (Å²) < 4.78 is 30.5. The second kappa shape index (κ2) is 6.20. The molecular formula is C13H21NO3S. The van der Waals surface area contributed by atoms with E-state index >= 15 is 0 Å². The molecule has 0 fully saturated rings. The quantitative estimate of drug-likeness (QED) is 0.864. The zero-order valence-electron chi connectivity index (χ0n) is 11.3. The number of sulfonamides is 1. The van der Waals surface area contributed by atoms with Gasteiger partial charge in [-0.05, 0) is 30.0 Å². The molecule has 0 saturated heterocycles. The fraction of sp³-hybridized carbons (Fsp3) is 0.538. The standard InChI is InChI=1S/C13H21NO3S/c1-10(2)9-13(14-18(4,15)16)11-5-7-12(17-3)8-6-11/h5-8,10,13-14H,9H2,1-4H3/t13-/m1/s1. The molecule has 0 amide bonds. The molecule has 0 aliphatic heterocycles. The molecule has 1 N–H and O–H groups in total. The summed E-state index contributed by atoms with van der Waals surface area (Å²) in [4.78, 5) is 0. The van der Waals surface area contributed by atoms with Crippen molar-refractivity contribution in [2.75, 3.05) is 13.4 Å². The topological polar surface area (TPSA) is 55.4 Å². The summed E-state index contributed by atoms with van der Waals surface area (Å²) in [6, 6.07) is 7.28. The highest BCUT2D eigenvalue weighted by atomic mass is 32.2. The van der Waals surface area contributed by atoms with Gasteiger partial charge in [0.05, 0.1) is 13.4 Å². The monoisotopic (exact) mass is 271 g/mol. The Bertz CT molecular complexity index is 466. The molecule has 1 aromatic rings. The number of nitrogens with one attached hydrogen (secondary N) is 1. The summed E-state index contributed by atoms with van der Waals surface area (Å²) in [6.45, 7) is 4.14. The molecule has 1 rings (SSSR count). The van der Waals surface area contributed by atoms with Gasteiger partial charge in [0.25, 0.3) is 0 Å². The van der Waals surface area contributed by atoms with Gasteiger partial charge in [-0.1, -0.05) is 26.0 Å². The van der Waals surface area contributed by atoms with Crippen molar-refractivity contribution in [2.24, 2.45) is 5.92 Å². The van der Waals surface area contributed by atoms with Crippen molar-refractivity contribution in [1.29, 1.82) is 0 Å². The first-order valence-corrected chi connectivity index (χ1v) is 7.82. The molecule has 0 aliphatic carbocycles.